The fourth-order valence-electron chi connectivity index (χ4n) is 1.26. The highest BCUT2D eigenvalue weighted by Gasteiger charge is 2.32. The van der Waals surface area contributed by atoms with Crippen LogP contribution in [0.3, 0.4) is 0 Å². The molecule has 1 N–H and O–H groups in total. The van der Waals surface area contributed by atoms with Gasteiger partial charge in [-0.3, -0.25) is 0 Å². The average Bonchev–Trinajstić information content (AvgIpc) is 2.08. The molecule has 1 rings (SSSR count). The SMILES string of the molecule is N=[N+]=N[C@H]1CCN(C(=O)[O-])C[C@@H]1F. The van der Waals surface area contributed by atoms with Crippen LogP contribution in [0.25, 0.3) is 0 Å². The van der Waals surface area contributed by atoms with Gasteiger partial charge in [-0.25, -0.2) is 4.39 Å². The van der Waals surface area contributed by atoms with Crippen molar-refractivity contribution in [2.45, 2.75) is 18.6 Å². The molecule has 0 unspecified atom stereocenters. The minimum Gasteiger partial charge on any atom is -0.530 e. The minimum absolute atomic E-state index is 0.187. The maximum absolute atomic E-state index is 13.1. The van der Waals surface area contributed by atoms with Crippen molar-refractivity contribution in [2.75, 3.05) is 13.1 Å². The van der Waals surface area contributed by atoms with Crippen molar-refractivity contribution < 1.29 is 14.3 Å². The summed E-state index contributed by atoms with van der Waals surface area (Å²) in [6, 6.07) is -0.687. The molecule has 0 aromatic carbocycles. The Morgan fingerprint density at radius 2 is 2.46 bits per heavy atom. The van der Waals surface area contributed by atoms with E-state index in [1.54, 1.807) is 0 Å². The Hall–Kier alpha value is -1.49. The van der Waals surface area contributed by atoms with Crippen molar-refractivity contribution in [1.82, 2.24) is 9.81 Å². The first-order valence-electron chi connectivity index (χ1n) is 3.81. The molecule has 0 bridgehead atoms. The smallest absolute Gasteiger partial charge is 0.214 e. The number of alkyl halides is 1. The molecule has 1 saturated heterocycles. The Morgan fingerprint density at radius 3 is 2.92 bits per heavy atom. The van der Waals surface area contributed by atoms with Gasteiger partial charge in [-0.2, -0.15) is 0 Å². The summed E-state index contributed by atoms with van der Waals surface area (Å²) in [6.07, 6.45) is -2.51. The number of amides is 1. The van der Waals surface area contributed by atoms with E-state index in [0.717, 1.165) is 4.90 Å². The van der Waals surface area contributed by atoms with Gasteiger partial charge < -0.3 is 14.8 Å². The highest BCUT2D eigenvalue weighted by Crippen LogP contribution is 2.16. The first-order chi connectivity index (χ1) is 6.15. The van der Waals surface area contributed by atoms with E-state index in [0.29, 0.717) is 0 Å². The Morgan fingerprint density at radius 1 is 1.77 bits per heavy atom. The van der Waals surface area contributed by atoms with Crippen LogP contribution in [0.4, 0.5) is 9.18 Å². The fourth-order valence-corrected chi connectivity index (χ4v) is 1.26. The summed E-state index contributed by atoms with van der Waals surface area (Å²) in [7, 11) is 0. The van der Waals surface area contributed by atoms with Gasteiger partial charge in [-0.1, -0.05) is 0 Å². The molecule has 0 spiro atoms. The van der Waals surface area contributed by atoms with Crippen molar-refractivity contribution in [3.63, 3.8) is 0 Å². The van der Waals surface area contributed by atoms with E-state index in [4.69, 9.17) is 5.53 Å². The number of rotatable bonds is 1. The van der Waals surface area contributed by atoms with Crippen molar-refractivity contribution >= 4 is 6.09 Å². The number of piperidine rings is 1. The third-order valence-electron chi connectivity index (χ3n) is 1.97. The van der Waals surface area contributed by atoms with Crippen molar-refractivity contribution in [3.05, 3.63) is 0 Å². The molecule has 1 amide bonds. The van der Waals surface area contributed by atoms with Crippen LogP contribution in [0.2, 0.25) is 0 Å². The number of carbonyl (C=O) groups excluding carboxylic acids is 1. The molecule has 6 nitrogen and oxygen atoms in total. The average molecular weight is 188 g/mol. The van der Waals surface area contributed by atoms with Gasteiger partial charge in [0.1, 0.15) is 22.9 Å². The van der Waals surface area contributed by atoms with E-state index in [9.17, 15) is 14.3 Å². The zero-order valence-corrected chi connectivity index (χ0v) is 6.81. The minimum atomic E-state index is -1.39. The van der Waals surface area contributed by atoms with Crippen LogP contribution in [0, 0.1) is 5.53 Å². The summed E-state index contributed by atoms with van der Waals surface area (Å²) in [4.78, 5) is 13.9. The third-order valence-corrected chi connectivity index (χ3v) is 1.97. The largest absolute Gasteiger partial charge is 0.530 e. The number of carbonyl (C=O) groups is 1. The molecule has 0 saturated carbocycles. The zero-order valence-electron chi connectivity index (χ0n) is 6.81. The molecule has 7 heteroatoms. The van der Waals surface area contributed by atoms with Crippen LogP contribution in [-0.4, -0.2) is 36.3 Å². The van der Waals surface area contributed by atoms with E-state index < -0.39 is 18.3 Å². The Kier molecular flexibility index (Phi) is 2.92. The van der Waals surface area contributed by atoms with Crippen LogP contribution in [0.1, 0.15) is 6.42 Å². The lowest BCUT2D eigenvalue weighted by molar-refractivity contribution is -0.267. The summed E-state index contributed by atoms with van der Waals surface area (Å²) in [5, 5.41) is 13.7. The maximum atomic E-state index is 13.1. The first-order valence-corrected chi connectivity index (χ1v) is 3.81. The number of hydrogen-bond acceptors (Lipinski definition) is 4. The predicted octanol–water partition coefficient (Wildman–Crippen LogP) is -0.708. The molecule has 0 radical (unpaired) electrons. The van der Waals surface area contributed by atoms with Gasteiger partial charge in [0.2, 0.25) is 4.91 Å². The normalized spacial score (nSPS) is 27.9. The van der Waals surface area contributed by atoms with E-state index in [1.165, 1.54) is 0 Å². The summed E-state index contributed by atoms with van der Waals surface area (Å²) in [6.45, 7) is -0.0571. The number of nitrogens with one attached hydrogen (secondary N) is 1. The number of nitrogens with zero attached hydrogens (tertiary/aromatic N) is 3. The van der Waals surface area contributed by atoms with Crippen LogP contribution in [0.15, 0.2) is 5.11 Å². The zero-order chi connectivity index (χ0) is 9.84. The first kappa shape index (κ1) is 9.60. The highest BCUT2D eigenvalue weighted by molar-refractivity contribution is 5.62. The second kappa shape index (κ2) is 3.95. The van der Waals surface area contributed by atoms with Crippen LogP contribution in [-0.2, 0) is 0 Å². The van der Waals surface area contributed by atoms with Crippen molar-refractivity contribution in [2.24, 2.45) is 5.11 Å². The summed E-state index contributed by atoms with van der Waals surface area (Å²) in [5.74, 6) is 0. The van der Waals surface area contributed by atoms with Crippen LogP contribution < -0.4 is 10.0 Å². The molecule has 13 heavy (non-hydrogen) atoms. The molecule has 0 aliphatic carbocycles. The fraction of sp³-hybridized carbons (Fsp3) is 0.833. The van der Waals surface area contributed by atoms with E-state index in [2.05, 4.69) is 10.0 Å². The summed E-state index contributed by atoms with van der Waals surface area (Å²) in [5.41, 5.74) is 6.41. The lowest BCUT2D eigenvalue weighted by Gasteiger charge is -2.32. The van der Waals surface area contributed by atoms with Gasteiger partial charge in [-0.05, 0) is 6.42 Å². The standard InChI is InChI=1S/C6H9FN4O2/c7-4-3-11(6(12)13)2-1-5(4)9-10-8/h4-5,8H,1-3H2/t4-,5-/m0/s1. The van der Waals surface area contributed by atoms with E-state index in [1.807, 2.05) is 0 Å². The molecule has 1 aliphatic rings. The Bertz CT molecular complexity index is 253. The number of hydrogen-bond donors (Lipinski definition) is 1. The van der Waals surface area contributed by atoms with Gasteiger partial charge in [0.25, 0.3) is 0 Å². The number of carboxylic acid groups (broad SMARTS) is 1. The Balaban J connectivity index is 2.56. The van der Waals surface area contributed by atoms with Gasteiger partial charge in [0.05, 0.1) is 6.54 Å². The molecular weight excluding hydrogens is 179 g/mol. The molecule has 0 aromatic heterocycles. The molecule has 72 valence electrons. The number of likely N-dealkylation sites (tertiary alicyclic amines) is 1. The second-order valence-electron chi connectivity index (χ2n) is 2.80. The topological polar surface area (TPSA) is 93.7 Å². The monoisotopic (exact) mass is 188 g/mol. The van der Waals surface area contributed by atoms with Crippen molar-refractivity contribution in [3.8, 4) is 0 Å². The quantitative estimate of drug-likeness (QED) is 0.434. The maximum Gasteiger partial charge on any atom is 0.214 e. The summed E-state index contributed by atoms with van der Waals surface area (Å²) < 4.78 is 13.1. The van der Waals surface area contributed by atoms with Crippen LogP contribution in [0.5, 0.6) is 0 Å². The van der Waals surface area contributed by atoms with E-state index >= 15 is 0 Å². The van der Waals surface area contributed by atoms with Gasteiger partial charge in [-0.15, -0.1) is 0 Å². The lowest BCUT2D eigenvalue weighted by atomic mass is 10.0. The van der Waals surface area contributed by atoms with Gasteiger partial charge >= 0.3 is 0 Å². The molecule has 1 aliphatic heterocycles. The van der Waals surface area contributed by atoms with E-state index in [-0.39, 0.29) is 19.5 Å². The molecule has 1 heterocycles. The molecule has 2 atom stereocenters. The molecule has 1 fully saturated rings. The van der Waals surface area contributed by atoms with Gasteiger partial charge in [0.15, 0.2) is 6.04 Å². The second-order valence-corrected chi connectivity index (χ2v) is 2.80. The predicted molar refractivity (Wildman–Crippen MR) is 37.6 cm³/mol. The van der Waals surface area contributed by atoms with Gasteiger partial charge in [0, 0.05) is 6.54 Å². The Labute approximate surface area is 73.6 Å². The van der Waals surface area contributed by atoms with Crippen molar-refractivity contribution in [1.29, 1.82) is 5.53 Å². The number of halogens is 1. The molecular formula is C6H9FN4O2. The highest BCUT2D eigenvalue weighted by atomic mass is 19.1. The summed E-state index contributed by atoms with van der Waals surface area (Å²) >= 11 is 0. The third kappa shape index (κ3) is 2.22. The molecule has 0 aromatic rings. The lowest BCUT2D eigenvalue weighted by Crippen LogP contribution is -2.51. The van der Waals surface area contributed by atoms with Crippen LogP contribution >= 0.6 is 0 Å².